The normalized spacial score (nSPS) is 22.8. The smallest absolute Gasteiger partial charge is 0.222 e. The fourth-order valence-corrected chi connectivity index (χ4v) is 10.2. The molecule has 2 aliphatic heterocycles. The fraction of sp³-hybridized carbons (Fsp3) is 0.116. The molecule has 3 aliphatic rings. The van der Waals surface area contributed by atoms with Crippen LogP contribution in [0.5, 0.6) is 0 Å². The lowest BCUT2D eigenvalue weighted by Gasteiger charge is -2.57. The minimum atomic E-state index is -0.317. The summed E-state index contributed by atoms with van der Waals surface area (Å²) < 4.78 is 5.53. The third-order valence-corrected chi connectivity index (χ3v) is 11.8. The molecule has 1 aliphatic carbocycles. The van der Waals surface area contributed by atoms with Crippen LogP contribution in [-0.4, -0.2) is 15.8 Å². The van der Waals surface area contributed by atoms with E-state index in [-0.39, 0.29) is 30.0 Å². The van der Waals surface area contributed by atoms with Crippen LogP contribution in [0.25, 0.3) is 49.2 Å². The van der Waals surface area contributed by atoms with Crippen LogP contribution >= 0.6 is 0 Å². The summed E-state index contributed by atoms with van der Waals surface area (Å²) in [4.78, 5) is 0. The summed E-state index contributed by atoms with van der Waals surface area (Å²) in [7, 11) is 0. The van der Waals surface area contributed by atoms with Crippen LogP contribution in [0, 0.1) is 0 Å². The van der Waals surface area contributed by atoms with E-state index in [2.05, 4.69) is 168 Å². The Bertz CT molecular complexity index is 2570. The summed E-state index contributed by atoms with van der Waals surface area (Å²) in [6.07, 6.45) is 2.66. The first kappa shape index (κ1) is 25.0. The molecule has 216 valence electrons. The number of aromatic nitrogens is 2. The molecular formula is C43H31BN2. The lowest BCUT2D eigenvalue weighted by molar-refractivity contribution is 0.290. The molecule has 3 heteroatoms. The van der Waals surface area contributed by atoms with Crippen LogP contribution in [0.2, 0.25) is 5.82 Å². The summed E-state index contributed by atoms with van der Waals surface area (Å²) in [6, 6.07) is 55.1. The number of benzene rings is 6. The Morgan fingerprint density at radius 2 is 1.11 bits per heavy atom. The topological polar surface area (TPSA) is 9.86 Å². The van der Waals surface area contributed by atoms with Crippen molar-refractivity contribution in [3.05, 3.63) is 163 Å². The van der Waals surface area contributed by atoms with Gasteiger partial charge in [-0.25, -0.2) is 0 Å². The zero-order valence-electron chi connectivity index (χ0n) is 25.6. The van der Waals surface area contributed by atoms with Crippen molar-refractivity contribution in [2.24, 2.45) is 0 Å². The van der Waals surface area contributed by atoms with Crippen molar-refractivity contribution in [3.63, 3.8) is 0 Å². The Balaban J connectivity index is 1.39. The number of fused-ring (bicyclic) bond motifs is 10. The molecule has 11 rings (SSSR count). The van der Waals surface area contributed by atoms with Gasteiger partial charge in [0.2, 0.25) is 6.71 Å². The summed E-state index contributed by atoms with van der Waals surface area (Å²) in [5.74, 6) is 0.465. The van der Waals surface area contributed by atoms with Gasteiger partial charge in [0.1, 0.15) is 0 Å². The number of nitrogens with zero attached hydrogens (tertiary/aromatic N) is 2. The van der Waals surface area contributed by atoms with Crippen LogP contribution in [0.1, 0.15) is 30.0 Å². The van der Waals surface area contributed by atoms with Crippen molar-refractivity contribution >= 4 is 66.8 Å². The Morgan fingerprint density at radius 1 is 0.543 bits per heavy atom. The highest BCUT2D eigenvalue weighted by Gasteiger charge is 2.60. The SMILES string of the molecule is CC12C(c3ccccc3)=CC(c3ccccc3)C3C1B(c1cccc4c5ccccc5n3c14)c1cccc3c4ccccc4n2c13. The first-order valence-electron chi connectivity index (χ1n) is 16.6. The van der Waals surface area contributed by atoms with Crippen LogP contribution in [-0.2, 0) is 5.54 Å². The molecule has 0 saturated carbocycles. The van der Waals surface area contributed by atoms with Crippen LogP contribution < -0.4 is 10.9 Å². The molecule has 0 saturated heterocycles. The van der Waals surface area contributed by atoms with Crippen molar-refractivity contribution < 1.29 is 0 Å². The van der Waals surface area contributed by atoms with E-state index < -0.39 is 0 Å². The summed E-state index contributed by atoms with van der Waals surface area (Å²) in [6.45, 7) is 2.81. The first-order valence-corrected chi connectivity index (χ1v) is 16.6. The van der Waals surface area contributed by atoms with Crippen molar-refractivity contribution in [1.82, 2.24) is 9.13 Å². The van der Waals surface area contributed by atoms with Crippen LogP contribution in [0.4, 0.5) is 0 Å². The summed E-state index contributed by atoms with van der Waals surface area (Å²) >= 11 is 0. The second-order valence-corrected chi connectivity index (χ2v) is 13.8. The highest BCUT2D eigenvalue weighted by molar-refractivity contribution is 6.90. The van der Waals surface area contributed by atoms with E-state index in [1.165, 1.54) is 71.2 Å². The molecule has 46 heavy (non-hydrogen) atoms. The molecule has 4 heterocycles. The second-order valence-electron chi connectivity index (χ2n) is 13.8. The van der Waals surface area contributed by atoms with E-state index in [4.69, 9.17) is 0 Å². The highest BCUT2D eigenvalue weighted by Crippen LogP contribution is 2.63. The van der Waals surface area contributed by atoms with Gasteiger partial charge in [0.25, 0.3) is 0 Å². The number of hydrogen-bond acceptors (Lipinski definition) is 0. The summed E-state index contributed by atoms with van der Waals surface area (Å²) in [5, 5.41) is 5.43. The quantitative estimate of drug-likeness (QED) is 0.179. The third-order valence-electron chi connectivity index (χ3n) is 11.8. The average Bonchev–Trinajstić information content (AvgIpc) is 3.64. The zero-order chi connectivity index (χ0) is 30.1. The molecule has 0 spiro atoms. The van der Waals surface area contributed by atoms with Gasteiger partial charge < -0.3 is 9.13 Å². The number of para-hydroxylation sites is 4. The van der Waals surface area contributed by atoms with Crippen molar-refractivity contribution in [2.45, 2.75) is 30.2 Å². The minimum absolute atomic E-state index is 0.201. The molecule has 0 radical (unpaired) electrons. The number of hydrogen-bond donors (Lipinski definition) is 0. The summed E-state index contributed by atoms with van der Waals surface area (Å²) in [5.41, 5.74) is 12.2. The Hall–Kier alpha value is -5.28. The predicted molar refractivity (Wildman–Crippen MR) is 194 cm³/mol. The molecular weight excluding hydrogens is 555 g/mol. The van der Waals surface area contributed by atoms with Gasteiger partial charge in [0.15, 0.2) is 0 Å². The maximum absolute atomic E-state index is 2.77. The Morgan fingerprint density at radius 3 is 1.85 bits per heavy atom. The molecule has 0 fully saturated rings. The minimum Gasteiger partial charge on any atom is -0.337 e. The molecule has 2 aromatic heterocycles. The highest BCUT2D eigenvalue weighted by atomic mass is 15.1. The monoisotopic (exact) mass is 586 g/mol. The van der Waals surface area contributed by atoms with E-state index >= 15 is 0 Å². The molecule has 6 aromatic carbocycles. The molecule has 4 atom stereocenters. The van der Waals surface area contributed by atoms with E-state index in [1.54, 1.807) is 0 Å². The van der Waals surface area contributed by atoms with Gasteiger partial charge >= 0.3 is 0 Å². The largest absolute Gasteiger partial charge is 0.337 e. The van der Waals surface area contributed by atoms with Gasteiger partial charge in [-0.2, -0.15) is 0 Å². The molecule has 0 N–H and O–H groups in total. The maximum atomic E-state index is 2.77. The standard InChI is InChI=1S/C43H31BN2/c1-43-34(28-16-6-3-7-17-28)26-33(27-14-4-2-5-15-27)41-42(43)44(35-22-12-20-31-29-18-8-10-24-37(29)45(41)39(31)35)36-23-13-21-32-30-19-9-11-25-38(30)46(43)40(32)36/h2-26,33,41-42H,1H3. The van der Waals surface area contributed by atoms with E-state index in [0.29, 0.717) is 0 Å². The molecule has 2 nitrogen and oxygen atoms in total. The van der Waals surface area contributed by atoms with E-state index in [1.807, 2.05) is 0 Å². The van der Waals surface area contributed by atoms with Gasteiger partial charge in [-0.3, -0.25) is 0 Å². The molecule has 8 aromatic rings. The van der Waals surface area contributed by atoms with Gasteiger partial charge in [0.05, 0.1) is 5.54 Å². The zero-order valence-corrected chi connectivity index (χ0v) is 25.6. The van der Waals surface area contributed by atoms with Gasteiger partial charge in [0, 0.05) is 55.6 Å². The van der Waals surface area contributed by atoms with Crippen molar-refractivity contribution in [1.29, 1.82) is 0 Å². The Labute approximate surface area is 268 Å². The predicted octanol–water partition coefficient (Wildman–Crippen LogP) is 9.05. The van der Waals surface area contributed by atoms with Crippen molar-refractivity contribution in [3.8, 4) is 0 Å². The van der Waals surface area contributed by atoms with E-state index in [0.717, 1.165) is 0 Å². The van der Waals surface area contributed by atoms with Crippen LogP contribution in [0.15, 0.2) is 152 Å². The lowest BCUT2D eigenvalue weighted by atomic mass is 9.25. The van der Waals surface area contributed by atoms with Crippen molar-refractivity contribution in [2.75, 3.05) is 0 Å². The van der Waals surface area contributed by atoms with E-state index in [9.17, 15) is 0 Å². The number of rotatable bonds is 2. The van der Waals surface area contributed by atoms with Gasteiger partial charge in [-0.1, -0.05) is 140 Å². The average molecular weight is 587 g/mol. The third kappa shape index (κ3) is 2.86. The first-order chi connectivity index (χ1) is 22.7. The maximum Gasteiger partial charge on any atom is 0.222 e. The molecule has 0 bridgehead atoms. The number of allylic oxidation sites excluding steroid dienone is 2. The van der Waals surface area contributed by atoms with Gasteiger partial charge in [-0.15, -0.1) is 0 Å². The Kier molecular flexibility index (Phi) is 4.73. The van der Waals surface area contributed by atoms with Gasteiger partial charge in [-0.05, 0) is 52.5 Å². The molecule has 0 amide bonds. The lowest BCUT2D eigenvalue weighted by Crippen LogP contribution is -2.64. The molecule has 4 unspecified atom stereocenters. The second kappa shape index (κ2) is 8.71. The van der Waals surface area contributed by atoms with Crippen LogP contribution in [0.3, 0.4) is 0 Å². The fourth-order valence-electron chi connectivity index (χ4n) is 10.2.